The van der Waals surface area contributed by atoms with Crippen molar-refractivity contribution in [2.45, 2.75) is 39.8 Å². The van der Waals surface area contributed by atoms with Gasteiger partial charge in [-0.15, -0.1) is 0 Å². The van der Waals surface area contributed by atoms with Crippen LogP contribution in [0.2, 0.25) is 0 Å². The predicted octanol–water partition coefficient (Wildman–Crippen LogP) is 2.05. The van der Waals surface area contributed by atoms with Crippen LogP contribution in [0.25, 0.3) is 0 Å². The van der Waals surface area contributed by atoms with E-state index in [0.29, 0.717) is 45.8 Å². The number of rotatable bonds is 6. The number of piperazine rings is 1. The Morgan fingerprint density at radius 3 is 2.23 bits per heavy atom. The molecule has 3 rings (SSSR count). The molecule has 164 valence electrons. The summed E-state index contributed by atoms with van der Waals surface area (Å²) in [5.74, 6) is 1.04. The summed E-state index contributed by atoms with van der Waals surface area (Å²) in [6.45, 7) is 9.74. The molecule has 0 atom stereocenters. The predicted molar refractivity (Wildman–Crippen MR) is 116 cm³/mol. The Bertz CT molecular complexity index is 734. The molecular formula is C22H33N5O3. The molecule has 1 aromatic carbocycles. The molecule has 2 aliphatic rings. The van der Waals surface area contributed by atoms with Gasteiger partial charge in [-0.3, -0.25) is 9.79 Å². The topological polar surface area (TPSA) is 77.5 Å². The van der Waals surface area contributed by atoms with Gasteiger partial charge in [0.15, 0.2) is 5.96 Å². The van der Waals surface area contributed by atoms with E-state index in [-0.39, 0.29) is 12.0 Å². The van der Waals surface area contributed by atoms with Gasteiger partial charge >= 0.3 is 6.09 Å². The number of ether oxygens (including phenoxy) is 1. The minimum atomic E-state index is -0.248. The highest BCUT2D eigenvalue weighted by Gasteiger charge is 2.24. The second-order valence-corrected chi connectivity index (χ2v) is 7.53. The molecule has 8 nitrogen and oxygen atoms in total. The Labute approximate surface area is 178 Å². The third kappa shape index (κ3) is 5.64. The van der Waals surface area contributed by atoms with E-state index in [9.17, 15) is 9.59 Å². The highest BCUT2D eigenvalue weighted by molar-refractivity contribution is 5.80. The Balaban J connectivity index is 1.43. The first-order valence-corrected chi connectivity index (χ1v) is 10.9. The largest absolute Gasteiger partial charge is 0.450 e. The van der Waals surface area contributed by atoms with Crippen LogP contribution >= 0.6 is 0 Å². The molecule has 30 heavy (non-hydrogen) atoms. The van der Waals surface area contributed by atoms with Crippen LogP contribution < -0.4 is 5.32 Å². The van der Waals surface area contributed by atoms with Crippen molar-refractivity contribution in [2.24, 2.45) is 4.99 Å². The zero-order valence-electron chi connectivity index (χ0n) is 18.1. The maximum atomic E-state index is 12.5. The lowest BCUT2D eigenvalue weighted by Crippen LogP contribution is -2.53. The monoisotopic (exact) mass is 415 g/mol. The van der Waals surface area contributed by atoms with Crippen LogP contribution in [0.5, 0.6) is 0 Å². The van der Waals surface area contributed by atoms with Gasteiger partial charge in [0, 0.05) is 58.8 Å². The second-order valence-electron chi connectivity index (χ2n) is 7.53. The molecule has 2 aliphatic heterocycles. The van der Waals surface area contributed by atoms with E-state index in [4.69, 9.17) is 9.73 Å². The number of nitrogens with one attached hydrogen (secondary N) is 1. The van der Waals surface area contributed by atoms with Gasteiger partial charge in [0.25, 0.3) is 0 Å². The lowest BCUT2D eigenvalue weighted by atomic mass is 10.1. The van der Waals surface area contributed by atoms with Crippen molar-refractivity contribution in [2.75, 3.05) is 45.9 Å². The summed E-state index contributed by atoms with van der Waals surface area (Å²) in [6.07, 6.45) is 0.985. The Hall–Kier alpha value is -2.77. The molecule has 1 fully saturated rings. The lowest BCUT2D eigenvalue weighted by molar-refractivity contribution is -0.131. The third-order valence-corrected chi connectivity index (χ3v) is 5.44. The van der Waals surface area contributed by atoms with Crippen molar-refractivity contribution >= 4 is 18.0 Å². The van der Waals surface area contributed by atoms with Crippen LogP contribution in [-0.4, -0.2) is 78.5 Å². The number of carbonyl (C=O) groups is 2. The summed E-state index contributed by atoms with van der Waals surface area (Å²) < 4.78 is 5.08. The molecule has 0 spiro atoms. The van der Waals surface area contributed by atoms with Crippen molar-refractivity contribution in [1.82, 2.24) is 20.0 Å². The van der Waals surface area contributed by atoms with E-state index in [1.807, 2.05) is 30.9 Å². The fourth-order valence-corrected chi connectivity index (χ4v) is 3.82. The Kier molecular flexibility index (Phi) is 7.93. The molecule has 1 N–H and O–H groups in total. The molecule has 2 amide bonds. The summed E-state index contributed by atoms with van der Waals surface area (Å²) in [6, 6.07) is 8.24. The van der Waals surface area contributed by atoms with Gasteiger partial charge in [-0.2, -0.15) is 0 Å². The normalized spacial score (nSPS) is 16.5. The number of nitrogens with zero attached hydrogens (tertiary/aromatic N) is 4. The molecule has 2 heterocycles. The zero-order chi connectivity index (χ0) is 21.3. The molecule has 0 radical (unpaired) electrons. The van der Waals surface area contributed by atoms with Crippen LogP contribution in [-0.2, 0) is 22.6 Å². The fourth-order valence-electron chi connectivity index (χ4n) is 3.82. The number of hydrogen-bond donors (Lipinski definition) is 1. The van der Waals surface area contributed by atoms with Crippen LogP contribution in [0.15, 0.2) is 29.3 Å². The first-order chi connectivity index (χ1) is 14.6. The molecule has 8 heteroatoms. The van der Waals surface area contributed by atoms with Gasteiger partial charge in [0.05, 0.1) is 6.61 Å². The number of guanidine groups is 1. The molecule has 0 unspecified atom stereocenters. The van der Waals surface area contributed by atoms with E-state index in [1.165, 1.54) is 11.1 Å². The average Bonchev–Trinajstić information content (AvgIpc) is 3.20. The number of amides is 2. The van der Waals surface area contributed by atoms with E-state index in [1.54, 1.807) is 4.90 Å². The minimum absolute atomic E-state index is 0.189. The van der Waals surface area contributed by atoms with Crippen molar-refractivity contribution in [3.8, 4) is 0 Å². The second kappa shape index (κ2) is 10.8. The van der Waals surface area contributed by atoms with E-state index >= 15 is 0 Å². The van der Waals surface area contributed by atoms with E-state index in [0.717, 1.165) is 32.0 Å². The fraction of sp³-hybridized carbons (Fsp3) is 0.591. The quantitative estimate of drug-likeness (QED) is 0.437. The van der Waals surface area contributed by atoms with Crippen molar-refractivity contribution in [3.05, 3.63) is 35.4 Å². The maximum Gasteiger partial charge on any atom is 0.409 e. The summed E-state index contributed by atoms with van der Waals surface area (Å²) in [4.78, 5) is 34.9. The summed E-state index contributed by atoms with van der Waals surface area (Å²) in [7, 11) is 0. The van der Waals surface area contributed by atoms with E-state index < -0.39 is 0 Å². The smallest absolute Gasteiger partial charge is 0.409 e. The molecule has 0 aliphatic carbocycles. The SMILES string of the molecule is CCNC(=NCCCC(=O)N1Cc2ccccc2C1)N1CCN(C(=O)OCC)CC1. The highest BCUT2D eigenvalue weighted by Crippen LogP contribution is 2.22. The molecule has 0 saturated carbocycles. The van der Waals surface area contributed by atoms with Crippen LogP contribution in [0.4, 0.5) is 4.79 Å². The first kappa shape index (κ1) is 21.9. The lowest BCUT2D eigenvalue weighted by Gasteiger charge is -2.35. The maximum absolute atomic E-state index is 12.5. The molecule has 1 saturated heterocycles. The number of carbonyl (C=O) groups excluding carboxylic acids is 2. The third-order valence-electron chi connectivity index (χ3n) is 5.44. The van der Waals surface area contributed by atoms with Crippen LogP contribution in [0, 0.1) is 0 Å². The van der Waals surface area contributed by atoms with Gasteiger partial charge in [0.2, 0.25) is 5.91 Å². The summed E-state index contributed by atoms with van der Waals surface area (Å²) >= 11 is 0. The summed E-state index contributed by atoms with van der Waals surface area (Å²) in [5, 5.41) is 3.32. The number of benzene rings is 1. The highest BCUT2D eigenvalue weighted by atomic mass is 16.6. The van der Waals surface area contributed by atoms with Gasteiger partial charge in [-0.1, -0.05) is 24.3 Å². The number of fused-ring (bicyclic) bond motifs is 1. The van der Waals surface area contributed by atoms with Gasteiger partial charge in [-0.25, -0.2) is 4.79 Å². The first-order valence-electron chi connectivity index (χ1n) is 10.9. The number of aliphatic imine (C=N–C) groups is 1. The zero-order valence-corrected chi connectivity index (χ0v) is 18.1. The van der Waals surface area contributed by atoms with Crippen LogP contribution in [0.1, 0.15) is 37.8 Å². The molecule has 0 bridgehead atoms. The van der Waals surface area contributed by atoms with Crippen molar-refractivity contribution in [3.63, 3.8) is 0 Å². The van der Waals surface area contributed by atoms with Crippen molar-refractivity contribution in [1.29, 1.82) is 0 Å². The Morgan fingerprint density at radius 2 is 1.63 bits per heavy atom. The van der Waals surface area contributed by atoms with Gasteiger partial charge in [0.1, 0.15) is 0 Å². The molecule has 0 aromatic heterocycles. The average molecular weight is 416 g/mol. The van der Waals surface area contributed by atoms with Crippen molar-refractivity contribution < 1.29 is 14.3 Å². The van der Waals surface area contributed by atoms with Gasteiger partial charge < -0.3 is 24.8 Å². The number of hydrogen-bond acceptors (Lipinski definition) is 4. The summed E-state index contributed by atoms with van der Waals surface area (Å²) in [5.41, 5.74) is 2.50. The minimum Gasteiger partial charge on any atom is -0.450 e. The molecular weight excluding hydrogens is 382 g/mol. The standard InChI is InChI=1S/C22H33N5O3/c1-3-23-21(25-12-14-26(15-13-25)22(29)30-4-2)24-11-7-10-20(28)27-16-18-8-5-6-9-19(18)17-27/h5-6,8-9H,3-4,7,10-17H2,1-2H3,(H,23,24). The van der Waals surface area contributed by atoms with E-state index in [2.05, 4.69) is 22.3 Å². The molecule has 1 aromatic rings. The Morgan fingerprint density at radius 1 is 1.00 bits per heavy atom. The van der Waals surface area contributed by atoms with Crippen LogP contribution in [0.3, 0.4) is 0 Å². The van der Waals surface area contributed by atoms with Gasteiger partial charge in [-0.05, 0) is 31.4 Å².